The molecule has 0 unspecified atom stereocenters. The number of fused-ring (bicyclic) bond motifs is 2. The molecule has 2 aliphatic heterocycles. The Bertz CT molecular complexity index is 1750. The molecule has 1 fully saturated rings. The zero-order chi connectivity index (χ0) is 34.1. The van der Waals surface area contributed by atoms with Gasteiger partial charge in [-0.05, 0) is 75.0 Å². The number of ether oxygens (including phenoxy) is 2. The molecule has 4 atom stereocenters. The van der Waals surface area contributed by atoms with Gasteiger partial charge in [0.15, 0.2) is 5.60 Å². The lowest BCUT2D eigenvalue weighted by Gasteiger charge is -2.39. The zero-order valence-electron chi connectivity index (χ0n) is 27.9. The van der Waals surface area contributed by atoms with E-state index in [1.807, 2.05) is 89.8 Å². The first-order valence-corrected chi connectivity index (χ1v) is 17.6. The van der Waals surface area contributed by atoms with Crippen molar-refractivity contribution >= 4 is 40.1 Å². The highest BCUT2D eigenvalue weighted by Crippen LogP contribution is 2.60. The molecule has 0 radical (unpaired) electrons. The first-order valence-electron chi connectivity index (χ1n) is 16.5. The van der Waals surface area contributed by atoms with Crippen LogP contribution >= 0.6 is 22.6 Å². The molecular weight excluding hydrogens is 715 g/mol. The Morgan fingerprint density at radius 3 is 2.25 bits per heavy atom. The van der Waals surface area contributed by atoms with E-state index in [4.69, 9.17) is 9.47 Å². The molecule has 8 heteroatoms. The maximum atomic E-state index is 15.0. The van der Waals surface area contributed by atoms with Gasteiger partial charge in [-0.1, -0.05) is 93.6 Å². The quantitative estimate of drug-likeness (QED) is 0.166. The summed E-state index contributed by atoms with van der Waals surface area (Å²) in [6.07, 6.45) is -0.498. The normalized spacial score (nSPS) is 21.8. The van der Waals surface area contributed by atoms with Crippen LogP contribution in [0.5, 0.6) is 5.75 Å². The minimum absolute atomic E-state index is 0.0778. The molecule has 2 heterocycles. The topological polar surface area (TPSA) is 79.3 Å². The van der Waals surface area contributed by atoms with Crippen LogP contribution in [0.3, 0.4) is 0 Å². The minimum Gasteiger partial charge on any atom is -0.497 e. The zero-order valence-corrected chi connectivity index (χ0v) is 30.1. The number of halogens is 1. The van der Waals surface area contributed by atoms with Crippen molar-refractivity contribution in [3.8, 4) is 5.75 Å². The van der Waals surface area contributed by atoms with E-state index in [2.05, 4.69) is 61.6 Å². The number of methoxy groups -OCH3 is 1. The lowest BCUT2D eigenvalue weighted by atomic mass is 9.63. The second-order valence-electron chi connectivity index (χ2n) is 13.4. The number of anilines is 1. The van der Waals surface area contributed by atoms with Gasteiger partial charge in [-0.3, -0.25) is 9.59 Å². The molecule has 250 valence electrons. The summed E-state index contributed by atoms with van der Waals surface area (Å²) in [6.45, 7) is 7.34. The van der Waals surface area contributed by atoms with Crippen molar-refractivity contribution in [1.29, 1.82) is 0 Å². The van der Waals surface area contributed by atoms with Gasteiger partial charge < -0.3 is 24.4 Å². The third kappa shape index (κ3) is 6.26. The van der Waals surface area contributed by atoms with Crippen LogP contribution in [0.2, 0.25) is 0 Å². The van der Waals surface area contributed by atoms with Gasteiger partial charge in [0.2, 0.25) is 5.91 Å². The third-order valence-electron chi connectivity index (χ3n) is 10.3. The maximum absolute atomic E-state index is 15.0. The summed E-state index contributed by atoms with van der Waals surface area (Å²) in [5.41, 5.74) is 3.02. The minimum atomic E-state index is -1.27. The predicted molar refractivity (Wildman–Crippen MR) is 196 cm³/mol. The van der Waals surface area contributed by atoms with Crippen LogP contribution in [0.4, 0.5) is 5.69 Å². The number of rotatable bonds is 11. The van der Waals surface area contributed by atoms with Gasteiger partial charge in [-0.25, -0.2) is 0 Å². The molecule has 0 bridgehead atoms. The van der Waals surface area contributed by atoms with Gasteiger partial charge >= 0.3 is 0 Å². The molecule has 2 aliphatic rings. The fraction of sp³-hybridized carbons (Fsp3) is 0.350. The summed E-state index contributed by atoms with van der Waals surface area (Å²) in [5.74, 6) is 0.0527. The Kier molecular flexibility index (Phi) is 9.97. The molecule has 48 heavy (non-hydrogen) atoms. The van der Waals surface area contributed by atoms with E-state index in [1.165, 1.54) is 0 Å². The number of hydrogen-bond acceptors (Lipinski definition) is 5. The molecule has 6 rings (SSSR count). The average molecular weight is 759 g/mol. The van der Waals surface area contributed by atoms with Crippen molar-refractivity contribution in [2.45, 2.75) is 57.4 Å². The van der Waals surface area contributed by atoms with Gasteiger partial charge in [-0.15, -0.1) is 0 Å². The summed E-state index contributed by atoms with van der Waals surface area (Å²) < 4.78 is 13.6. The standard InChI is InChI=1S/C40H43IN2O5/c1-27-37(39(2,3)30-15-18-32(47-4)19-16-30)35(24-36(45)42(21-22-44)25-28-11-7-5-8-12-28)48-40(27)33-23-31(41)17-20-34(33)43(38(40)46)26-29-13-9-6-10-14-29/h5-20,23,27,35,37,44H,21-22,24-26H2,1-4H3/t27-,35+,37-,40+/m0/s1. The van der Waals surface area contributed by atoms with Gasteiger partial charge in [0, 0.05) is 34.1 Å². The maximum Gasteiger partial charge on any atom is 0.264 e. The van der Waals surface area contributed by atoms with E-state index >= 15 is 0 Å². The SMILES string of the molecule is COc1ccc(C(C)(C)[C@@H]2[C@@H](CC(=O)N(CCO)Cc3ccccc3)O[C@]3(C(=O)N(Cc4ccccc4)c4ccc(I)cc43)[C@H]2C)cc1. The lowest BCUT2D eigenvalue weighted by molar-refractivity contribution is -0.150. The van der Waals surface area contributed by atoms with Crippen molar-refractivity contribution in [3.05, 3.63) is 129 Å². The van der Waals surface area contributed by atoms with Crippen LogP contribution in [0.15, 0.2) is 103 Å². The van der Waals surface area contributed by atoms with E-state index in [1.54, 1.807) is 12.0 Å². The Morgan fingerprint density at radius 1 is 0.979 bits per heavy atom. The molecule has 2 amide bonds. The molecule has 1 saturated heterocycles. The van der Waals surface area contributed by atoms with Crippen molar-refractivity contribution in [3.63, 3.8) is 0 Å². The van der Waals surface area contributed by atoms with Crippen LogP contribution in [0.1, 0.15) is 49.4 Å². The number of carbonyl (C=O) groups is 2. The number of hydrogen-bond donors (Lipinski definition) is 1. The summed E-state index contributed by atoms with van der Waals surface area (Å²) in [6, 6.07) is 34.0. The van der Waals surface area contributed by atoms with E-state index < -0.39 is 17.1 Å². The smallest absolute Gasteiger partial charge is 0.264 e. The van der Waals surface area contributed by atoms with E-state index in [0.717, 1.165) is 37.3 Å². The second kappa shape index (κ2) is 14.0. The molecule has 0 aliphatic carbocycles. The highest BCUT2D eigenvalue weighted by Gasteiger charge is 2.66. The fourth-order valence-corrected chi connectivity index (χ4v) is 8.42. The van der Waals surface area contributed by atoms with Crippen molar-refractivity contribution in [1.82, 2.24) is 4.90 Å². The van der Waals surface area contributed by atoms with Crippen molar-refractivity contribution < 1.29 is 24.2 Å². The van der Waals surface area contributed by atoms with Gasteiger partial charge in [-0.2, -0.15) is 0 Å². The Hall–Kier alpha value is -3.73. The van der Waals surface area contributed by atoms with Crippen LogP contribution in [0.25, 0.3) is 0 Å². The molecule has 7 nitrogen and oxygen atoms in total. The molecule has 1 spiro atoms. The van der Waals surface area contributed by atoms with Crippen LogP contribution in [-0.2, 0) is 38.4 Å². The van der Waals surface area contributed by atoms with E-state index in [-0.39, 0.29) is 43.2 Å². The number of carbonyl (C=O) groups excluding carboxylic acids is 2. The molecule has 0 aromatic heterocycles. The highest BCUT2D eigenvalue weighted by atomic mass is 127. The summed E-state index contributed by atoms with van der Waals surface area (Å²) in [7, 11) is 1.65. The first-order chi connectivity index (χ1) is 23.1. The summed E-state index contributed by atoms with van der Waals surface area (Å²) in [4.78, 5) is 32.7. The highest BCUT2D eigenvalue weighted by molar-refractivity contribution is 14.1. The average Bonchev–Trinajstić information content (AvgIpc) is 3.51. The molecular formula is C40H43IN2O5. The van der Waals surface area contributed by atoms with Crippen LogP contribution in [-0.4, -0.2) is 48.2 Å². The van der Waals surface area contributed by atoms with Crippen LogP contribution in [0, 0.1) is 15.4 Å². The summed E-state index contributed by atoms with van der Waals surface area (Å²) in [5, 5.41) is 9.94. The number of nitrogens with zero attached hydrogens (tertiary/aromatic N) is 2. The van der Waals surface area contributed by atoms with Crippen molar-refractivity contribution in [2.24, 2.45) is 11.8 Å². The van der Waals surface area contributed by atoms with Crippen LogP contribution < -0.4 is 9.64 Å². The number of benzene rings is 4. The predicted octanol–water partition coefficient (Wildman–Crippen LogP) is 7.08. The molecule has 0 saturated carbocycles. The lowest BCUT2D eigenvalue weighted by Crippen LogP contribution is -2.45. The number of amides is 2. The molecule has 4 aromatic rings. The second-order valence-corrected chi connectivity index (χ2v) is 14.7. The summed E-state index contributed by atoms with van der Waals surface area (Å²) >= 11 is 2.30. The van der Waals surface area contributed by atoms with Gasteiger partial charge in [0.25, 0.3) is 5.91 Å². The van der Waals surface area contributed by atoms with Crippen molar-refractivity contribution in [2.75, 3.05) is 25.2 Å². The Labute approximate surface area is 297 Å². The Balaban J connectivity index is 1.43. The third-order valence-corrected chi connectivity index (χ3v) is 11.0. The fourth-order valence-electron chi connectivity index (χ4n) is 7.93. The number of aliphatic hydroxyl groups is 1. The van der Waals surface area contributed by atoms with Gasteiger partial charge in [0.1, 0.15) is 5.75 Å². The van der Waals surface area contributed by atoms with E-state index in [0.29, 0.717) is 13.1 Å². The molecule has 4 aromatic carbocycles. The van der Waals surface area contributed by atoms with E-state index in [9.17, 15) is 14.7 Å². The first kappa shape index (κ1) is 34.1. The molecule has 1 N–H and O–H groups in total. The largest absolute Gasteiger partial charge is 0.497 e. The monoisotopic (exact) mass is 758 g/mol. The van der Waals surface area contributed by atoms with Gasteiger partial charge in [0.05, 0.1) is 38.5 Å². The Morgan fingerprint density at radius 2 is 1.62 bits per heavy atom. The number of aliphatic hydroxyl groups excluding tert-OH is 1.